The fraction of sp³-hybridized carbons (Fsp3) is 0.340. The number of methoxy groups -OCH3 is 1. The first kappa shape index (κ1) is 43.9. The van der Waals surface area contributed by atoms with Crippen molar-refractivity contribution in [3.63, 3.8) is 0 Å². The van der Waals surface area contributed by atoms with Gasteiger partial charge in [-0.15, -0.1) is 13.2 Å². The predicted molar refractivity (Wildman–Crippen MR) is 227 cm³/mol. The minimum atomic E-state index is -2.92. The van der Waals surface area contributed by atoms with Crippen LogP contribution in [0.5, 0.6) is 11.5 Å². The molecular weight excluding hydrogens is 721 g/mol. The quantitative estimate of drug-likeness (QED) is 0.0346. The predicted octanol–water partition coefficient (Wildman–Crippen LogP) is 8.68. The van der Waals surface area contributed by atoms with Gasteiger partial charge in [0.25, 0.3) is 8.32 Å². The lowest BCUT2D eigenvalue weighted by Gasteiger charge is -2.44. The third-order valence-corrected chi connectivity index (χ3v) is 14.5. The normalized spacial score (nSPS) is 13.5. The molecule has 3 atom stereocenters. The first-order valence-corrected chi connectivity index (χ1v) is 21.1. The van der Waals surface area contributed by atoms with Gasteiger partial charge in [0.1, 0.15) is 23.2 Å². The number of benzene rings is 4. The second-order valence-electron chi connectivity index (χ2n) is 14.4. The summed E-state index contributed by atoms with van der Waals surface area (Å²) in [7, 11) is -1.30. The third kappa shape index (κ3) is 12.1. The van der Waals surface area contributed by atoms with E-state index in [-0.39, 0.29) is 16.4 Å². The summed E-state index contributed by atoms with van der Waals surface area (Å²) in [5.41, 5.74) is 1.52. The maximum atomic E-state index is 14.0. The highest BCUT2D eigenvalue weighted by Crippen LogP contribution is 2.38. The van der Waals surface area contributed by atoms with Crippen molar-refractivity contribution in [1.82, 2.24) is 0 Å². The summed E-state index contributed by atoms with van der Waals surface area (Å²) in [6.45, 7) is 18.7. The van der Waals surface area contributed by atoms with Gasteiger partial charge < -0.3 is 33.2 Å². The van der Waals surface area contributed by atoms with Crippen molar-refractivity contribution < 1.29 is 38.0 Å². The number of esters is 1. The number of carbonyl (C=O) groups excluding carboxylic acids is 1. The van der Waals surface area contributed by atoms with E-state index >= 15 is 0 Å². The molecule has 0 saturated carbocycles. The molecule has 4 aromatic rings. The highest BCUT2D eigenvalue weighted by Gasteiger charge is 2.51. The van der Waals surface area contributed by atoms with E-state index in [2.05, 4.69) is 58.2 Å². The van der Waals surface area contributed by atoms with Crippen LogP contribution < -0.4 is 15.1 Å². The van der Waals surface area contributed by atoms with Crippen LogP contribution in [0.1, 0.15) is 62.0 Å². The van der Waals surface area contributed by atoms with Crippen LogP contribution in [0.4, 0.5) is 0 Å². The summed E-state index contributed by atoms with van der Waals surface area (Å²) in [6.07, 6.45) is 6.33. The Morgan fingerprint density at radius 2 is 1.48 bits per heavy atom. The lowest BCUT2D eigenvalue weighted by atomic mass is 10.0. The summed E-state index contributed by atoms with van der Waals surface area (Å²) in [4.78, 5) is 14.0. The van der Waals surface area contributed by atoms with Crippen LogP contribution in [0, 0.1) is 0 Å². The molecule has 0 heterocycles. The van der Waals surface area contributed by atoms with E-state index in [4.69, 9.17) is 28.1 Å². The standard InChI is InChI=1S/C47H58O8Si/c1-8-38(55-56(47(4,5)6,42-19-13-11-14-20-42)43-21-15-12-16-22-43)29-26-37-18-17-23-44(48)45(37)46(49)54-41(34-39(9-2)53-33-32-51-10-3)30-31-52-35-36-24-27-40(50-7)28-25-36/h8-9,11-29,38-39,41,48H,1-2,10,30-35H2,3-7H3/b29-26-/t38?,39-,41+/m0/s1. The number of hydrogen-bond donors (Lipinski definition) is 1. The molecule has 0 saturated heterocycles. The fourth-order valence-electron chi connectivity index (χ4n) is 6.63. The summed E-state index contributed by atoms with van der Waals surface area (Å²) in [5, 5.41) is 13.1. The molecule has 0 amide bonds. The molecule has 8 nitrogen and oxygen atoms in total. The van der Waals surface area contributed by atoms with Crippen molar-refractivity contribution in [3.05, 3.63) is 151 Å². The highest BCUT2D eigenvalue weighted by molar-refractivity contribution is 6.99. The second kappa shape index (κ2) is 22.1. The van der Waals surface area contributed by atoms with Gasteiger partial charge in [0.15, 0.2) is 0 Å². The molecule has 0 radical (unpaired) electrons. The summed E-state index contributed by atoms with van der Waals surface area (Å²) in [5.74, 6) is -0.0864. The summed E-state index contributed by atoms with van der Waals surface area (Å²) < 4.78 is 36.1. The van der Waals surface area contributed by atoms with Crippen LogP contribution >= 0.6 is 0 Å². The zero-order chi connectivity index (χ0) is 40.4. The Morgan fingerprint density at radius 3 is 2.05 bits per heavy atom. The Kier molecular flexibility index (Phi) is 17.3. The van der Waals surface area contributed by atoms with Gasteiger partial charge in [-0.05, 0) is 51.7 Å². The molecule has 0 spiro atoms. The molecule has 0 aliphatic rings. The van der Waals surface area contributed by atoms with Crippen LogP contribution in [0.2, 0.25) is 5.04 Å². The average molecular weight is 779 g/mol. The topological polar surface area (TPSA) is 92.7 Å². The van der Waals surface area contributed by atoms with Crippen molar-refractivity contribution in [3.8, 4) is 11.5 Å². The Hall–Kier alpha value is -4.77. The number of rotatable bonds is 23. The van der Waals surface area contributed by atoms with Crippen molar-refractivity contribution in [2.75, 3.05) is 33.5 Å². The Morgan fingerprint density at radius 1 is 0.821 bits per heavy atom. The van der Waals surface area contributed by atoms with Gasteiger partial charge in [-0.2, -0.15) is 0 Å². The number of phenolic OH excluding ortho intramolecular Hbond substituents is 1. The monoisotopic (exact) mass is 778 g/mol. The second-order valence-corrected chi connectivity index (χ2v) is 18.6. The average Bonchev–Trinajstić information content (AvgIpc) is 3.21. The van der Waals surface area contributed by atoms with E-state index in [9.17, 15) is 9.90 Å². The van der Waals surface area contributed by atoms with Crippen LogP contribution in [-0.2, 0) is 30.0 Å². The van der Waals surface area contributed by atoms with Gasteiger partial charge in [0.2, 0.25) is 0 Å². The molecule has 0 aliphatic carbocycles. The van der Waals surface area contributed by atoms with Crippen LogP contribution in [-0.4, -0.2) is 71.2 Å². The van der Waals surface area contributed by atoms with Crippen LogP contribution in [0.3, 0.4) is 0 Å². The molecule has 1 N–H and O–H groups in total. The SMILES string of the molecule is C=CC(/C=C\c1cccc(O)c1C(=O)O[C@H](CCOCc1ccc(OC)cc1)C[C@H](C=C)OCCOCC)O[Si](c1ccccc1)(c1ccccc1)C(C)(C)C. The Balaban J connectivity index is 1.58. The molecule has 4 aromatic carbocycles. The zero-order valence-electron chi connectivity index (χ0n) is 33.5. The van der Waals surface area contributed by atoms with E-state index in [0.29, 0.717) is 51.4 Å². The van der Waals surface area contributed by atoms with E-state index in [0.717, 1.165) is 21.7 Å². The maximum absolute atomic E-state index is 14.0. The summed E-state index contributed by atoms with van der Waals surface area (Å²) in [6, 6.07) is 33.4. The van der Waals surface area contributed by atoms with Crippen molar-refractivity contribution in [1.29, 1.82) is 0 Å². The molecule has 1 unspecified atom stereocenters. The van der Waals surface area contributed by atoms with Gasteiger partial charge in [0.05, 0.1) is 45.7 Å². The van der Waals surface area contributed by atoms with Crippen LogP contribution in [0.15, 0.2) is 135 Å². The number of aromatic hydroxyl groups is 1. The van der Waals surface area contributed by atoms with E-state index in [1.165, 1.54) is 6.07 Å². The van der Waals surface area contributed by atoms with E-state index in [1.54, 1.807) is 37.5 Å². The van der Waals surface area contributed by atoms with E-state index < -0.39 is 32.6 Å². The smallest absolute Gasteiger partial charge is 0.342 e. The highest BCUT2D eigenvalue weighted by atomic mass is 28.4. The van der Waals surface area contributed by atoms with Gasteiger partial charge >= 0.3 is 5.97 Å². The molecule has 0 bridgehead atoms. The first-order valence-electron chi connectivity index (χ1n) is 19.2. The van der Waals surface area contributed by atoms with Crippen molar-refractivity contribution >= 4 is 30.7 Å². The largest absolute Gasteiger partial charge is 0.507 e. The molecule has 0 aliphatic heterocycles. The maximum Gasteiger partial charge on any atom is 0.342 e. The fourth-order valence-corrected chi connectivity index (χ4v) is 11.2. The van der Waals surface area contributed by atoms with Gasteiger partial charge in [-0.25, -0.2) is 4.79 Å². The molecule has 4 rings (SSSR count). The van der Waals surface area contributed by atoms with Crippen molar-refractivity contribution in [2.24, 2.45) is 0 Å². The van der Waals surface area contributed by atoms with E-state index in [1.807, 2.05) is 73.7 Å². The van der Waals surface area contributed by atoms with Gasteiger partial charge in [0, 0.05) is 19.4 Å². The van der Waals surface area contributed by atoms with Crippen molar-refractivity contribution in [2.45, 2.75) is 70.5 Å². The lowest BCUT2D eigenvalue weighted by Crippen LogP contribution is -2.67. The minimum absolute atomic E-state index is 0.0496. The molecule has 0 aromatic heterocycles. The molecule has 9 heteroatoms. The number of phenols is 1. The first-order chi connectivity index (χ1) is 27.1. The van der Waals surface area contributed by atoms with Gasteiger partial charge in [-0.3, -0.25) is 0 Å². The Bertz CT molecular complexity index is 1780. The molecular formula is C47H58O8Si. The number of carbonyl (C=O) groups is 1. The third-order valence-electron chi connectivity index (χ3n) is 9.51. The van der Waals surface area contributed by atoms with Gasteiger partial charge in [-0.1, -0.05) is 130 Å². The van der Waals surface area contributed by atoms with Crippen LogP contribution in [0.25, 0.3) is 6.08 Å². The molecule has 0 fully saturated rings. The minimum Gasteiger partial charge on any atom is -0.507 e. The summed E-state index contributed by atoms with van der Waals surface area (Å²) >= 11 is 0. The Labute approximate surface area is 334 Å². The lowest BCUT2D eigenvalue weighted by molar-refractivity contribution is -0.0180. The molecule has 298 valence electrons. The number of hydrogen-bond acceptors (Lipinski definition) is 8. The molecule has 56 heavy (non-hydrogen) atoms. The zero-order valence-corrected chi connectivity index (χ0v) is 34.5. The number of ether oxygens (including phenoxy) is 5.